The third-order valence-electron chi connectivity index (χ3n) is 3.52. The number of non-ortho nitro benzene ring substituents is 1. The van der Waals surface area contributed by atoms with E-state index in [4.69, 9.17) is 9.47 Å². The molecule has 0 spiro atoms. The van der Waals surface area contributed by atoms with E-state index in [0.29, 0.717) is 16.9 Å². The molecule has 0 atom stereocenters. The molecule has 0 radical (unpaired) electrons. The van der Waals surface area contributed by atoms with E-state index in [0.717, 1.165) is 0 Å². The summed E-state index contributed by atoms with van der Waals surface area (Å²) in [5.74, 6) is 0.165. The lowest BCUT2D eigenvalue weighted by atomic mass is 10.1. The first-order chi connectivity index (χ1) is 12.4. The van der Waals surface area contributed by atoms with Crippen molar-refractivity contribution in [2.45, 2.75) is 20.0 Å². The predicted molar refractivity (Wildman–Crippen MR) is 95.9 cm³/mol. The van der Waals surface area contributed by atoms with E-state index in [1.807, 2.05) is 38.1 Å². The number of aliphatic imine (C=N–C) groups is 1. The van der Waals surface area contributed by atoms with E-state index < -0.39 is 10.9 Å². The maximum absolute atomic E-state index is 12.1. The molecule has 7 heteroatoms. The number of carbonyl (C=O) groups excluding carboxylic acids is 1. The SMILES string of the molecule is CC(C)Oc1ccccc1/C=C1\N=C(c2ccc([N+](=O)[O-])cc2)OC1=O. The van der Waals surface area contributed by atoms with Gasteiger partial charge < -0.3 is 9.47 Å². The Labute approximate surface area is 149 Å². The number of carbonyl (C=O) groups is 1. The Morgan fingerprint density at radius 3 is 2.50 bits per heavy atom. The van der Waals surface area contributed by atoms with Gasteiger partial charge in [-0.1, -0.05) is 18.2 Å². The third-order valence-corrected chi connectivity index (χ3v) is 3.52. The van der Waals surface area contributed by atoms with Crippen molar-refractivity contribution in [2.24, 2.45) is 4.99 Å². The van der Waals surface area contributed by atoms with E-state index >= 15 is 0 Å². The molecule has 7 nitrogen and oxygen atoms in total. The van der Waals surface area contributed by atoms with Crippen LogP contribution in [-0.2, 0) is 9.53 Å². The molecule has 3 rings (SSSR count). The second kappa shape index (κ2) is 7.18. The van der Waals surface area contributed by atoms with Gasteiger partial charge in [0.1, 0.15) is 5.75 Å². The molecule has 0 bridgehead atoms. The number of nitrogens with zero attached hydrogens (tertiary/aromatic N) is 2. The summed E-state index contributed by atoms with van der Waals surface area (Å²) in [7, 11) is 0. The van der Waals surface area contributed by atoms with E-state index in [1.165, 1.54) is 24.3 Å². The summed E-state index contributed by atoms with van der Waals surface area (Å²) in [5, 5.41) is 10.7. The summed E-state index contributed by atoms with van der Waals surface area (Å²) in [6, 6.07) is 13.0. The Kier molecular flexibility index (Phi) is 4.79. The average molecular weight is 352 g/mol. The minimum Gasteiger partial charge on any atom is -0.490 e. The van der Waals surface area contributed by atoms with E-state index in [9.17, 15) is 14.9 Å². The molecule has 0 saturated carbocycles. The molecule has 0 saturated heterocycles. The molecule has 2 aromatic carbocycles. The van der Waals surface area contributed by atoms with Crippen LogP contribution in [0.15, 0.2) is 59.2 Å². The van der Waals surface area contributed by atoms with Crippen LogP contribution in [0.5, 0.6) is 5.75 Å². The lowest BCUT2D eigenvalue weighted by Gasteiger charge is -2.12. The van der Waals surface area contributed by atoms with Crippen LogP contribution in [0.3, 0.4) is 0 Å². The second-order valence-corrected chi connectivity index (χ2v) is 5.84. The number of benzene rings is 2. The van der Waals surface area contributed by atoms with Crippen molar-refractivity contribution >= 4 is 23.6 Å². The smallest absolute Gasteiger partial charge is 0.363 e. The highest BCUT2D eigenvalue weighted by Gasteiger charge is 2.25. The molecule has 26 heavy (non-hydrogen) atoms. The molecule has 0 aliphatic carbocycles. The van der Waals surface area contributed by atoms with Gasteiger partial charge in [0.25, 0.3) is 5.69 Å². The van der Waals surface area contributed by atoms with Crippen LogP contribution in [0.2, 0.25) is 0 Å². The van der Waals surface area contributed by atoms with Crippen LogP contribution in [0, 0.1) is 10.1 Å². The predicted octanol–water partition coefficient (Wildman–Crippen LogP) is 3.73. The molecule has 1 heterocycles. The topological polar surface area (TPSA) is 91.0 Å². The first-order valence-electron chi connectivity index (χ1n) is 7.97. The largest absolute Gasteiger partial charge is 0.490 e. The van der Waals surface area contributed by atoms with E-state index in [1.54, 1.807) is 6.08 Å². The summed E-state index contributed by atoms with van der Waals surface area (Å²) in [4.78, 5) is 26.5. The first-order valence-corrected chi connectivity index (χ1v) is 7.97. The summed E-state index contributed by atoms with van der Waals surface area (Å²) < 4.78 is 10.9. The van der Waals surface area contributed by atoms with Gasteiger partial charge in [0.15, 0.2) is 5.70 Å². The van der Waals surface area contributed by atoms with Gasteiger partial charge in [0.2, 0.25) is 5.90 Å². The maximum Gasteiger partial charge on any atom is 0.363 e. The Balaban J connectivity index is 1.91. The van der Waals surface area contributed by atoms with Crippen molar-refractivity contribution in [1.82, 2.24) is 0 Å². The van der Waals surface area contributed by atoms with Crippen molar-refractivity contribution in [3.63, 3.8) is 0 Å². The maximum atomic E-state index is 12.1. The standard InChI is InChI=1S/C19H16N2O5/c1-12(2)25-17-6-4-3-5-14(17)11-16-19(22)26-18(20-16)13-7-9-15(10-8-13)21(23)24/h3-12H,1-2H3/b16-11-. The quantitative estimate of drug-likeness (QED) is 0.354. The van der Waals surface area contributed by atoms with E-state index in [-0.39, 0.29) is 23.4 Å². The Bertz CT molecular complexity index is 914. The fourth-order valence-electron chi connectivity index (χ4n) is 2.37. The molecule has 1 aliphatic rings. The average Bonchev–Trinajstić information content (AvgIpc) is 2.97. The normalized spacial score (nSPS) is 15.1. The molecule has 0 amide bonds. The van der Waals surface area contributed by atoms with Crippen molar-refractivity contribution in [1.29, 1.82) is 0 Å². The van der Waals surface area contributed by atoms with Gasteiger partial charge >= 0.3 is 5.97 Å². The van der Waals surface area contributed by atoms with Gasteiger partial charge in [-0.15, -0.1) is 0 Å². The minimum absolute atomic E-state index is 0.00995. The number of hydrogen-bond donors (Lipinski definition) is 0. The zero-order valence-electron chi connectivity index (χ0n) is 14.2. The van der Waals surface area contributed by atoms with Crippen molar-refractivity contribution < 1.29 is 19.2 Å². The second-order valence-electron chi connectivity index (χ2n) is 5.84. The summed E-state index contributed by atoms with van der Waals surface area (Å²) in [5.41, 5.74) is 1.29. The Morgan fingerprint density at radius 1 is 1.15 bits per heavy atom. The molecular weight excluding hydrogens is 336 g/mol. The number of ether oxygens (including phenoxy) is 2. The number of nitro benzene ring substituents is 1. The highest BCUT2D eigenvalue weighted by molar-refractivity contribution is 6.13. The Morgan fingerprint density at radius 2 is 1.85 bits per heavy atom. The molecule has 2 aromatic rings. The third kappa shape index (κ3) is 3.77. The fraction of sp³-hybridized carbons (Fsp3) is 0.158. The number of esters is 1. The van der Waals surface area contributed by atoms with Crippen LogP contribution < -0.4 is 4.74 Å². The van der Waals surface area contributed by atoms with Gasteiger partial charge in [-0.2, -0.15) is 0 Å². The molecular formula is C19H16N2O5. The van der Waals surface area contributed by atoms with Crippen molar-refractivity contribution in [2.75, 3.05) is 0 Å². The Hall–Kier alpha value is -3.48. The zero-order chi connectivity index (χ0) is 18.7. The number of para-hydroxylation sites is 1. The summed E-state index contributed by atoms with van der Waals surface area (Å²) in [6.45, 7) is 3.83. The fourth-order valence-corrected chi connectivity index (χ4v) is 2.37. The van der Waals surface area contributed by atoms with Crippen molar-refractivity contribution in [3.05, 3.63) is 75.5 Å². The minimum atomic E-state index is -0.585. The van der Waals surface area contributed by atoms with Gasteiger partial charge in [0, 0.05) is 23.3 Å². The zero-order valence-corrected chi connectivity index (χ0v) is 14.2. The van der Waals surface area contributed by atoms with Gasteiger partial charge in [-0.05, 0) is 38.1 Å². The van der Waals surface area contributed by atoms with Gasteiger partial charge in [0.05, 0.1) is 11.0 Å². The molecule has 0 aromatic heterocycles. The number of rotatable bonds is 5. The van der Waals surface area contributed by atoms with Crippen LogP contribution >= 0.6 is 0 Å². The van der Waals surface area contributed by atoms with Crippen LogP contribution in [0.1, 0.15) is 25.0 Å². The number of nitro groups is 1. The summed E-state index contributed by atoms with van der Waals surface area (Å²) >= 11 is 0. The van der Waals surface area contributed by atoms with Crippen LogP contribution in [0.25, 0.3) is 6.08 Å². The van der Waals surface area contributed by atoms with Gasteiger partial charge in [-0.25, -0.2) is 9.79 Å². The highest BCUT2D eigenvalue weighted by Crippen LogP contribution is 2.25. The molecule has 0 N–H and O–H groups in total. The van der Waals surface area contributed by atoms with Crippen molar-refractivity contribution in [3.8, 4) is 5.75 Å². The molecule has 132 valence electrons. The summed E-state index contributed by atoms with van der Waals surface area (Å²) in [6.07, 6.45) is 1.59. The van der Waals surface area contributed by atoms with Crippen LogP contribution in [0.4, 0.5) is 5.69 Å². The monoisotopic (exact) mass is 352 g/mol. The molecule has 0 unspecified atom stereocenters. The van der Waals surface area contributed by atoms with Crippen LogP contribution in [-0.4, -0.2) is 22.9 Å². The lowest BCUT2D eigenvalue weighted by molar-refractivity contribution is -0.384. The number of cyclic esters (lactones) is 1. The van der Waals surface area contributed by atoms with E-state index in [2.05, 4.69) is 4.99 Å². The molecule has 0 fully saturated rings. The molecule has 1 aliphatic heterocycles. The lowest BCUT2D eigenvalue weighted by Crippen LogP contribution is -2.07. The highest BCUT2D eigenvalue weighted by atomic mass is 16.6. The van der Waals surface area contributed by atoms with Gasteiger partial charge in [-0.3, -0.25) is 10.1 Å². The number of hydrogen-bond acceptors (Lipinski definition) is 6. The first kappa shape index (κ1) is 17.3.